The predicted octanol–water partition coefficient (Wildman–Crippen LogP) is 1.86. The second-order valence-electron chi connectivity index (χ2n) is 6.38. The Morgan fingerprint density at radius 2 is 2.17 bits per heavy atom. The quantitative estimate of drug-likeness (QED) is 0.878. The molecule has 2 heterocycles. The molecule has 0 bridgehead atoms. The highest BCUT2D eigenvalue weighted by Crippen LogP contribution is 2.35. The van der Waals surface area contributed by atoms with Crippen LogP contribution < -0.4 is 4.74 Å². The topological polar surface area (TPSA) is 78.5 Å². The Balaban J connectivity index is 1.78. The Kier molecular flexibility index (Phi) is 4.57. The molecule has 1 amide bonds. The maximum absolute atomic E-state index is 12.6. The van der Waals surface area contributed by atoms with E-state index in [2.05, 4.69) is 10.2 Å². The number of hydrogen-bond donors (Lipinski definition) is 2. The van der Waals surface area contributed by atoms with Crippen molar-refractivity contribution in [2.75, 3.05) is 13.7 Å². The number of benzene rings is 1. The normalized spacial score (nSPS) is 20.0. The summed E-state index contributed by atoms with van der Waals surface area (Å²) in [5, 5.41) is 17.8. The van der Waals surface area contributed by atoms with E-state index in [1.54, 1.807) is 31.2 Å². The molecular formula is C18H23N3O3. The van der Waals surface area contributed by atoms with Crippen LogP contribution in [0, 0.1) is 0 Å². The number of likely N-dealkylation sites (tertiary alicyclic amines) is 1. The summed E-state index contributed by atoms with van der Waals surface area (Å²) in [5.74, 6) is 0.753. The Morgan fingerprint density at radius 3 is 2.79 bits per heavy atom. The number of amides is 1. The van der Waals surface area contributed by atoms with Crippen LogP contribution in [-0.4, -0.2) is 45.8 Å². The number of H-pyrrole nitrogens is 1. The molecule has 128 valence electrons. The van der Waals surface area contributed by atoms with Gasteiger partial charge in [-0.15, -0.1) is 0 Å². The van der Waals surface area contributed by atoms with Crippen LogP contribution in [0.3, 0.4) is 0 Å². The minimum absolute atomic E-state index is 0.00976. The number of carbonyl (C=O) groups is 1. The van der Waals surface area contributed by atoms with Crippen molar-refractivity contribution in [1.82, 2.24) is 15.1 Å². The van der Waals surface area contributed by atoms with Crippen molar-refractivity contribution in [3.63, 3.8) is 0 Å². The zero-order valence-electron chi connectivity index (χ0n) is 14.0. The number of methoxy groups -OCH3 is 1. The second kappa shape index (κ2) is 6.65. The number of rotatable bonds is 5. The molecule has 1 aliphatic heterocycles. The molecule has 0 spiro atoms. The Hall–Kier alpha value is -2.34. The average molecular weight is 329 g/mol. The summed E-state index contributed by atoms with van der Waals surface area (Å²) in [5.41, 5.74) is 0.469. The van der Waals surface area contributed by atoms with Gasteiger partial charge in [0.25, 0.3) is 0 Å². The molecule has 1 saturated heterocycles. The minimum Gasteiger partial charge on any atom is -0.497 e. The first-order valence-corrected chi connectivity index (χ1v) is 8.17. The summed E-state index contributed by atoms with van der Waals surface area (Å²) >= 11 is 0. The zero-order chi connectivity index (χ0) is 17.2. The highest BCUT2D eigenvalue weighted by atomic mass is 16.5. The van der Waals surface area contributed by atoms with Crippen LogP contribution in [0.5, 0.6) is 5.75 Å². The first kappa shape index (κ1) is 16.5. The molecule has 0 radical (unpaired) electrons. The lowest BCUT2D eigenvalue weighted by atomic mass is 9.86. The van der Waals surface area contributed by atoms with Crippen molar-refractivity contribution in [2.24, 2.45) is 0 Å². The van der Waals surface area contributed by atoms with Crippen LogP contribution in [0.25, 0.3) is 0 Å². The number of nitrogens with one attached hydrogen (secondary N) is 1. The van der Waals surface area contributed by atoms with Gasteiger partial charge >= 0.3 is 0 Å². The van der Waals surface area contributed by atoms with Gasteiger partial charge in [0.1, 0.15) is 11.4 Å². The van der Waals surface area contributed by atoms with Crippen LogP contribution in [0.15, 0.2) is 36.5 Å². The number of hydrogen-bond acceptors (Lipinski definition) is 4. The van der Waals surface area contributed by atoms with Crippen LogP contribution in [0.1, 0.15) is 31.0 Å². The largest absolute Gasteiger partial charge is 0.497 e. The summed E-state index contributed by atoms with van der Waals surface area (Å²) in [4.78, 5) is 14.4. The molecule has 0 unspecified atom stereocenters. The Morgan fingerprint density at radius 1 is 1.42 bits per heavy atom. The van der Waals surface area contributed by atoms with Crippen LogP contribution in [-0.2, 0) is 16.8 Å². The van der Waals surface area contributed by atoms with Gasteiger partial charge in [-0.25, -0.2) is 0 Å². The molecule has 1 aromatic heterocycles. The van der Waals surface area contributed by atoms with E-state index in [4.69, 9.17) is 4.74 Å². The first-order valence-electron chi connectivity index (χ1n) is 8.17. The number of aromatic nitrogens is 2. The molecule has 24 heavy (non-hydrogen) atoms. The average Bonchev–Trinajstić information content (AvgIpc) is 3.26. The van der Waals surface area contributed by atoms with Gasteiger partial charge in [-0.3, -0.25) is 9.89 Å². The van der Waals surface area contributed by atoms with Crippen molar-refractivity contribution < 1.29 is 14.6 Å². The van der Waals surface area contributed by atoms with E-state index in [0.29, 0.717) is 6.54 Å². The molecular weight excluding hydrogens is 306 g/mol. The van der Waals surface area contributed by atoms with Gasteiger partial charge in [0.05, 0.1) is 19.6 Å². The van der Waals surface area contributed by atoms with Gasteiger partial charge in [-0.2, -0.15) is 5.10 Å². The summed E-state index contributed by atoms with van der Waals surface area (Å²) in [7, 11) is 1.61. The maximum atomic E-state index is 12.6. The Labute approximate surface area is 141 Å². The van der Waals surface area contributed by atoms with Crippen molar-refractivity contribution in [3.05, 3.63) is 47.8 Å². The Bertz CT molecular complexity index is 680. The van der Waals surface area contributed by atoms with E-state index in [1.165, 1.54) is 0 Å². The smallest absolute Gasteiger partial charge is 0.228 e. The van der Waals surface area contributed by atoms with Gasteiger partial charge in [0, 0.05) is 18.4 Å². The molecule has 1 aliphatic rings. The van der Waals surface area contributed by atoms with Crippen molar-refractivity contribution in [1.29, 1.82) is 0 Å². The molecule has 3 rings (SSSR count). The third-order valence-electron chi connectivity index (χ3n) is 4.80. The molecule has 6 nitrogen and oxygen atoms in total. The van der Waals surface area contributed by atoms with Crippen LogP contribution in [0.2, 0.25) is 0 Å². The lowest BCUT2D eigenvalue weighted by Gasteiger charge is -2.37. The lowest BCUT2D eigenvalue weighted by molar-refractivity contribution is -0.137. The number of aliphatic hydroxyl groups is 1. The highest BCUT2D eigenvalue weighted by Gasteiger charge is 2.42. The maximum Gasteiger partial charge on any atom is 0.228 e. The van der Waals surface area contributed by atoms with Gasteiger partial charge in [-0.1, -0.05) is 12.1 Å². The summed E-state index contributed by atoms with van der Waals surface area (Å²) in [6, 6.07) is 8.93. The van der Waals surface area contributed by atoms with Gasteiger partial charge in [0.15, 0.2) is 0 Å². The zero-order valence-corrected chi connectivity index (χ0v) is 14.0. The van der Waals surface area contributed by atoms with Crippen molar-refractivity contribution in [2.45, 2.75) is 37.8 Å². The highest BCUT2D eigenvalue weighted by molar-refractivity contribution is 5.79. The molecule has 2 N–H and O–H groups in total. The fourth-order valence-corrected chi connectivity index (χ4v) is 3.42. The van der Waals surface area contributed by atoms with Gasteiger partial charge in [-0.05, 0) is 43.5 Å². The van der Waals surface area contributed by atoms with E-state index < -0.39 is 5.60 Å². The molecule has 0 aliphatic carbocycles. The number of carbonyl (C=O) groups excluding carboxylic acids is 1. The lowest BCUT2D eigenvalue weighted by Crippen LogP contribution is -2.48. The molecule has 0 saturated carbocycles. The third kappa shape index (κ3) is 3.14. The van der Waals surface area contributed by atoms with E-state index in [1.807, 2.05) is 24.3 Å². The van der Waals surface area contributed by atoms with Gasteiger partial charge < -0.3 is 14.7 Å². The molecule has 1 aromatic carbocycles. The van der Waals surface area contributed by atoms with E-state index in [-0.39, 0.29) is 18.4 Å². The van der Waals surface area contributed by atoms with E-state index >= 15 is 0 Å². The second-order valence-corrected chi connectivity index (χ2v) is 6.38. The fourth-order valence-electron chi connectivity index (χ4n) is 3.42. The third-order valence-corrected chi connectivity index (χ3v) is 4.80. The molecule has 6 heteroatoms. The molecule has 1 fully saturated rings. The summed E-state index contributed by atoms with van der Waals surface area (Å²) in [6.07, 6.45) is 3.59. The van der Waals surface area contributed by atoms with E-state index in [0.717, 1.165) is 29.8 Å². The van der Waals surface area contributed by atoms with Crippen LogP contribution >= 0.6 is 0 Å². The number of nitrogens with zero attached hydrogens (tertiary/aromatic N) is 2. The van der Waals surface area contributed by atoms with Crippen molar-refractivity contribution >= 4 is 5.91 Å². The standard InChI is InChI=1S/C18H23N3O3/c1-18(23,13-5-7-15(24-2)8-6-13)16-4-3-11-21(16)17(22)12-14-9-10-19-20-14/h5-10,16,23H,3-4,11-12H2,1-2H3,(H,19,20)/t16-,18-/m1/s1. The fraction of sp³-hybridized carbons (Fsp3) is 0.444. The summed E-state index contributed by atoms with van der Waals surface area (Å²) < 4.78 is 5.17. The van der Waals surface area contributed by atoms with Gasteiger partial charge in [0.2, 0.25) is 5.91 Å². The first-order chi connectivity index (χ1) is 11.5. The SMILES string of the molecule is COc1ccc([C@@](C)(O)[C@H]2CCCN2C(=O)Cc2ccn[nH]2)cc1. The number of ether oxygens (including phenoxy) is 1. The minimum atomic E-state index is -1.10. The predicted molar refractivity (Wildman–Crippen MR) is 89.6 cm³/mol. The monoisotopic (exact) mass is 329 g/mol. The van der Waals surface area contributed by atoms with Crippen molar-refractivity contribution in [3.8, 4) is 5.75 Å². The summed E-state index contributed by atoms with van der Waals surface area (Å²) in [6.45, 7) is 2.45. The van der Waals surface area contributed by atoms with E-state index in [9.17, 15) is 9.90 Å². The number of aromatic amines is 1. The molecule has 2 aromatic rings. The van der Waals surface area contributed by atoms with Crippen LogP contribution in [0.4, 0.5) is 0 Å². The molecule has 2 atom stereocenters.